The number of rotatable bonds is 8. The zero-order valence-corrected chi connectivity index (χ0v) is 15.8. The van der Waals surface area contributed by atoms with Crippen LogP contribution in [0.1, 0.15) is 31.7 Å². The standard InChI is InChI=1S/C19H27ClN2O3/c1-3-25-17-14-15(13-16(20)19(17)24-2)7-8-18(23)21-9-12-22-10-5-4-6-11-22/h7-8,13-14H,3-6,9-12H2,1-2H3,(H,21,23)/b8-7+. The third-order valence-electron chi connectivity index (χ3n) is 4.14. The van der Waals surface area contributed by atoms with E-state index in [1.165, 1.54) is 25.3 Å². The number of hydrogen-bond donors (Lipinski definition) is 1. The minimum Gasteiger partial charge on any atom is -0.491 e. The lowest BCUT2D eigenvalue weighted by atomic mass is 10.1. The van der Waals surface area contributed by atoms with Crippen molar-refractivity contribution in [2.75, 3.05) is 39.9 Å². The van der Waals surface area contributed by atoms with Crippen LogP contribution in [0.5, 0.6) is 11.5 Å². The summed E-state index contributed by atoms with van der Waals surface area (Å²) in [5, 5.41) is 3.38. The van der Waals surface area contributed by atoms with Gasteiger partial charge < -0.3 is 19.7 Å². The number of carbonyl (C=O) groups is 1. The van der Waals surface area contributed by atoms with Crippen molar-refractivity contribution in [1.82, 2.24) is 10.2 Å². The van der Waals surface area contributed by atoms with Crippen LogP contribution >= 0.6 is 11.6 Å². The van der Waals surface area contributed by atoms with Crippen molar-refractivity contribution >= 4 is 23.6 Å². The van der Waals surface area contributed by atoms with Gasteiger partial charge in [-0.3, -0.25) is 4.79 Å². The number of halogens is 1. The van der Waals surface area contributed by atoms with Gasteiger partial charge in [0.25, 0.3) is 0 Å². The maximum Gasteiger partial charge on any atom is 0.244 e. The molecule has 1 amide bonds. The summed E-state index contributed by atoms with van der Waals surface area (Å²) in [6.45, 7) is 6.24. The number of carbonyl (C=O) groups excluding carboxylic acids is 1. The van der Waals surface area contributed by atoms with Crippen LogP contribution in [0.4, 0.5) is 0 Å². The molecule has 0 bridgehead atoms. The van der Waals surface area contributed by atoms with Crippen LogP contribution in [0.15, 0.2) is 18.2 Å². The van der Waals surface area contributed by atoms with Crippen LogP contribution in [-0.2, 0) is 4.79 Å². The maximum absolute atomic E-state index is 12.0. The van der Waals surface area contributed by atoms with Gasteiger partial charge >= 0.3 is 0 Å². The first-order valence-electron chi connectivity index (χ1n) is 8.82. The molecule has 0 aromatic heterocycles. The van der Waals surface area contributed by atoms with Gasteiger partial charge in [0.15, 0.2) is 11.5 Å². The lowest BCUT2D eigenvalue weighted by molar-refractivity contribution is -0.116. The number of piperidine rings is 1. The highest BCUT2D eigenvalue weighted by atomic mass is 35.5. The Morgan fingerprint density at radius 1 is 1.32 bits per heavy atom. The molecule has 2 rings (SSSR count). The summed E-state index contributed by atoms with van der Waals surface area (Å²) >= 11 is 6.21. The molecule has 138 valence electrons. The molecule has 25 heavy (non-hydrogen) atoms. The van der Waals surface area contributed by atoms with Crippen molar-refractivity contribution in [2.45, 2.75) is 26.2 Å². The Kier molecular flexibility index (Phi) is 8.09. The molecule has 1 aromatic rings. The molecular weight excluding hydrogens is 340 g/mol. The Labute approximate surface area is 154 Å². The first kappa shape index (κ1) is 19.6. The molecule has 1 fully saturated rings. The molecule has 0 spiro atoms. The third-order valence-corrected chi connectivity index (χ3v) is 4.42. The first-order valence-corrected chi connectivity index (χ1v) is 9.20. The highest BCUT2D eigenvalue weighted by Gasteiger charge is 2.11. The van der Waals surface area contributed by atoms with Gasteiger partial charge in [-0.05, 0) is 56.6 Å². The number of benzene rings is 1. The van der Waals surface area contributed by atoms with E-state index in [-0.39, 0.29) is 5.91 Å². The lowest BCUT2D eigenvalue weighted by Gasteiger charge is -2.26. The SMILES string of the molecule is CCOc1cc(/C=C/C(=O)NCCN2CCCCC2)cc(Cl)c1OC. The van der Waals surface area contributed by atoms with Crippen LogP contribution in [0.3, 0.4) is 0 Å². The van der Waals surface area contributed by atoms with Crippen molar-refractivity contribution in [3.8, 4) is 11.5 Å². The Hall–Kier alpha value is -1.72. The number of hydrogen-bond acceptors (Lipinski definition) is 4. The van der Waals surface area contributed by atoms with E-state index in [0.29, 0.717) is 29.7 Å². The monoisotopic (exact) mass is 366 g/mol. The second-order valence-electron chi connectivity index (χ2n) is 5.99. The molecule has 1 heterocycles. The van der Waals surface area contributed by atoms with E-state index in [1.54, 1.807) is 19.3 Å². The zero-order chi connectivity index (χ0) is 18.1. The predicted molar refractivity (Wildman–Crippen MR) is 102 cm³/mol. The van der Waals surface area contributed by atoms with Crippen LogP contribution in [0.25, 0.3) is 6.08 Å². The molecule has 0 aliphatic carbocycles. The maximum atomic E-state index is 12.0. The van der Waals surface area contributed by atoms with Gasteiger partial charge in [0.2, 0.25) is 5.91 Å². The van der Waals surface area contributed by atoms with E-state index in [2.05, 4.69) is 10.2 Å². The molecule has 5 nitrogen and oxygen atoms in total. The molecular formula is C19H27ClN2O3. The van der Waals surface area contributed by atoms with Crippen LogP contribution in [-0.4, -0.2) is 50.7 Å². The molecule has 0 radical (unpaired) electrons. The van der Waals surface area contributed by atoms with Crippen molar-refractivity contribution in [3.63, 3.8) is 0 Å². The van der Waals surface area contributed by atoms with Crippen molar-refractivity contribution in [2.24, 2.45) is 0 Å². The number of amides is 1. The molecule has 0 atom stereocenters. The molecule has 1 saturated heterocycles. The summed E-state index contributed by atoms with van der Waals surface area (Å²) in [5.74, 6) is 0.969. The van der Waals surface area contributed by atoms with Crippen molar-refractivity contribution in [3.05, 3.63) is 28.8 Å². The molecule has 0 unspecified atom stereocenters. The average molecular weight is 367 g/mol. The minimum absolute atomic E-state index is 0.109. The van der Waals surface area contributed by atoms with E-state index >= 15 is 0 Å². The number of likely N-dealkylation sites (tertiary alicyclic amines) is 1. The summed E-state index contributed by atoms with van der Waals surface area (Å²) in [7, 11) is 1.55. The van der Waals surface area contributed by atoms with Gasteiger partial charge in [0.05, 0.1) is 18.7 Å². The molecule has 1 N–H and O–H groups in total. The molecule has 1 aromatic carbocycles. The fourth-order valence-corrected chi connectivity index (χ4v) is 3.19. The quantitative estimate of drug-likeness (QED) is 0.717. The molecule has 6 heteroatoms. The molecule has 1 aliphatic rings. The minimum atomic E-state index is -0.109. The van der Waals surface area contributed by atoms with Gasteiger partial charge in [0.1, 0.15) is 0 Å². The van der Waals surface area contributed by atoms with E-state index in [1.807, 2.05) is 13.0 Å². The highest BCUT2D eigenvalue weighted by molar-refractivity contribution is 6.32. The largest absolute Gasteiger partial charge is 0.491 e. The summed E-state index contributed by atoms with van der Waals surface area (Å²) in [6, 6.07) is 3.56. The van der Waals surface area contributed by atoms with Crippen LogP contribution in [0.2, 0.25) is 5.02 Å². The fourth-order valence-electron chi connectivity index (χ4n) is 2.90. The van der Waals surface area contributed by atoms with E-state index in [4.69, 9.17) is 21.1 Å². The van der Waals surface area contributed by atoms with E-state index < -0.39 is 0 Å². The predicted octanol–water partition coefficient (Wildman–Crippen LogP) is 3.36. The summed E-state index contributed by atoms with van der Waals surface area (Å²) < 4.78 is 10.8. The Morgan fingerprint density at radius 3 is 2.76 bits per heavy atom. The van der Waals surface area contributed by atoms with Gasteiger partial charge in [0, 0.05) is 19.2 Å². The number of ether oxygens (including phenoxy) is 2. The van der Waals surface area contributed by atoms with Gasteiger partial charge in [-0.2, -0.15) is 0 Å². The second-order valence-corrected chi connectivity index (χ2v) is 6.40. The summed E-state index contributed by atoms with van der Waals surface area (Å²) in [5.41, 5.74) is 0.792. The topological polar surface area (TPSA) is 50.8 Å². The van der Waals surface area contributed by atoms with Gasteiger partial charge in [-0.15, -0.1) is 0 Å². The summed E-state index contributed by atoms with van der Waals surface area (Å²) in [4.78, 5) is 14.4. The van der Waals surface area contributed by atoms with Crippen LogP contribution < -0.4 is 14.8 Å². The number of nitrogens with zero attached hydrogens (tertiary/aromatic N) is 1. The Balaban J connectivity index is 1.88. The van der Waals surface area contributed by atoms with Crippen LogP contribution in [0, 0.1) is 0 Å². The third kappa shape index (κ3) is 6.25. The Bertz CT molecular complexity index is 599. The highest BCUT2D eigenvalue weighted by Crippen LogP contribution is 2.36. The smallest absolute Gasteiger partial charge is 0.244 e. The Morgan fingerprint density at radius 2 is 2.08 bits per heavy atom. The van der Waals surface area contributed by atoms with Crippen molar-refractivity contribution < 1.29 is 14.3 Å². The van der Waals surface area contributed by atoms with Gasteiger partial charge in [-0.25, -0.2) is 0 Å². The van der Waals surface area contributed by atoms with E-state index in [0.717, 1.165) is 25.2 Å². The van der Waals surface area contributed by atoms with E-state index in [9.17, 15) is 4.79 Å². The summed E-state index contributed by atoms with van der Waals surface area (Å²) in [6.07, 6.45) is 7.08. The lowest BCUT2D eigenvalue weighted by Crippen LogP contribution is -2.37. The van der Waals surface area contributed by atoms with Gasteiger partial charge in [-0.1, -0.05) is 18.0 Å². The van der Waals surface area contributed by atoms with Crippen molar-refractivity contribution in [1.29, 1.82) is 0 Å². The molecule has 0 saturated carbocycles. The number of nitrogens with one attached hydrogen (secondary N) is 1. The first-order chi connectivity index (χ1) is 12.1. The zero-order valence-electron chi connectivity index (χ0n) is 15.0. The second kappa shape index (κ2) is 10.3. The fraction of sp³-hybridized carbons (Fsp3) is 0.526. The normalized spacial score (nSPS) is 15.3. The number of methoxy groups -OCH3 is 1. The molecule has 1 aliphatic heterocycles. The average Bonchev–Trinajstić information content (AvgIpc) is 2.61.